The average molecular weight is 257 g/mol. The Labute approximate surface area is 105 Å². The maximum atomic E-state index is 11.1. The second-order valence-electron chi connectivity index (χ2n) is 3.69. The van der Waals surface area contributed by atoms with Crippen LogP contribution in [-0.2, 0) is 10.8 Å². The van der Waals surface area contributed by atoms with Gasteiger partial charge in [0.15, 0.2) is 11.5 Å². The van der Waals surface area contributed by atoms with Crippen LogP contribution in [0.3, 0.4) is 0 Å². The van der Waals surface area contributed by atoms with Crippen LogP contribution in [0.4, 0.5) is 0 Å². The van der Waals surface area contributed by atoms with E-state index in [1.165, 1.54) is 0 Å². The summed E-state index contributed by atoms with van der Waals surface area (Å²) in [6, 6.07) is 5.29. The summed E-state index contributed by atoms with van der Waals surface area (Å²) in [5, 5.41) is 0. The Morgan fingerprint density at radius 3 is 2.65 bits per heavy atom. The number of ether oxygens (including phenoxy) is 2. The molecule has 1 aromatic rings. The largest absolute Gasteiger partial charge is 0.493 e. The lowest BCUT2D eigenvalue weighted by Gasteiger charge is -2.14. The topological polar surface area (TPSA) is 61.5 Å². The van der Waals surface area contributed by atoms with E-state index in [1.54, 1.807) is 13.4 Å². The molecular weight excluding hydrogens is 238 g/mol. The molecule has 0 aliphatic rings. The van der Waals surface area contributed by atoms with Crippen molar-refractivity contribution in [3.8, 4) is 11.5 Å². The zero-order chi connectivity index (χ0) is 12.8. The van der Waals surface area contributed by atoms with Crippen molar-refractivity contribution in [1.29, 1.82) is 0 Å². The van der Waals surface area contributed by atoms with Gasteiger partial charge in [-0.25, -0.2) is 0 Å². The van der Waals surface area contributed by atoms with E-state index < -0.39 is 10.8 Å². The van der Waals surface area contributed by atoms with Gasteiger partial charge < -0.3 is 15.2 Å². The van der Waals surface area contributed by atoms with Crippen LogP contribution in [0.2, 0.25) is 0 Å². The van der Waals surface area contributed by atoms with Crippen molar-refractivity contribution in [2.75, 3.05) is 25.7 Å². The van der Waals surface area contributed by atoms with E-state index in [4.69, 9.17) is 15.2 Å². The van der Waals surface area contributed by atoms with E-state index in [2.05, 4.69) is 0 Å². The highest BCUT2D eigenvalue weighted by molar-refractivity contribution is 7.84. The molecule has 0 saturated heterocycles. The van der Waals surface area contributed by atoms with Gasteiger partial charge in [0.05, 0.1) is 13.7 Å². The average Bonchev–Trinajstić information content (AvgIpc) is 2.28. The van der Waals surface area contributed by atoms with Crippen LogP contribution >= 0.6 is 0 Å². The van der Waals surface area contributed by atoms with Crippen LogP contribution in [0.1, 0.15) is 18.5 Å². The predicted octanol–water partition coefficient (Wildman–Crippen LogP) is 1.47. The minimum Gasteiger partial charge on any atom is -0.493 e. The first-order valence-electron chi connectivity index (χ1n) is 5.44. The Morgan fingerprint density at radius 2 is 2.12 bits per heavy atom. The summed E-state index contributed by atoms with van der Waals surface area (Å²) in [6.07, 6.45) is 1.65. The molecule has 1 rings (SSSR count). The van der Waals surface area contributed by atoms with Gasteiger partial charge in [-0.05, 0) is 24.6 Å². The van der Waals surface area contributed by atoms with Gasteiger partial charge in [0.25, 0.3) is 0 Å². The first kappa shape index (κ1) is 14.0. The Kier molecular flexibility index (Phi) is 5.44. The fourth-order valence-corrected chi connectivity index (χ4v) is 2.24. The van der Waals surface area contributed by atoms with Gasteiger partial charge >= 0.3 is 0 Å². The first-order valence-corrected chi connectivity index (χ1v) is 7.17. The van der Waals surface area contributed by atoms with E-state index in [0.29, 0.717) is 23.9 Å². The quantitative estimate of drug-likeness (QED) is 0.838. The van der Waals surface area contributed by atoms with E-state index in [1.807, 2.05) is 25.1 Å². The summed E-state index contributed by atoms with van der Waals surface area (Å²) in [5.41, 5.74) is 6.87. The Morgan fingerprint density at radius 1 is 1.41 bits per heavy atom. The predicted molar refractivity (Wildman–Crippen MR) is 70.0 cm³/mol. The highest BCUT2D eigenvalue weighted by Gasteiger charge is 2.12. The van der Waals surface area contributed by atoms with Gasteiger partial charge in [-0.2, -0.15) is 0 Å². The smallest absolute Gasteiger partial charge is 0.161 e. The van der Waals surface area contributed by atoms with Crippen molar-refractivity contribution in [1.82, 2.24) is 0 Å². The summed E-state index contributed by atoms with van der Waals surface area (Å²) in [5.74, 6) is 1.79. The number of methoxy groups -OCH3 is 1. The molecule has 0 amide bonds. The molecule has 2 unspecified atom stereocenters. The van der Waals surface area contributed by atoms with Crippen molar-refractivity contribution in [2.24, 2.45) is 5.73 Å². The molecule has 0 spiro atoms. The van der Waals surface area contributed by atoms with Crippen molar-refractivity contribution in [2.45, 2.75) is 13.0 Å². The van der Waals surface area contributed by atoms with Gasteiger partial charge in [0.1, 0.15) is 0 Å². The lowest BCUT2D eigenvalue weighted by Crippen LogP contribution is -2.17. The monoisotopic (exact) mass is 257 g/mol. The first-order chi connectivity index (χ1) is 8.08. The molecule has 0 aromatic heterocycles. The van der Waals surface area contributed by atoms with Gasteiger partial charge in [0.2, 0.25) is 0 Å². The fourth-order valence-electron chi connectivity index (χ4n) is 1.54. The van der Waals surface area contributed by atoms with Crippen molar-refractivity contribution in [3.05, 3.63) is 23.8 Å². The number of rotatable bonds is 6. The Hall–Kier alpha value is -1.07. The molecule has 17 heavy (non-hydrogen) atoms. The Bertz CT molecular complexity index is 395. The number of hydrogen-bond acceptors (Lipinski definition) is 4. The van der Waals surface area contributed by atoms with E-state index in [-0.39, 0.29) is 6.04 Å². The second kappa shape index (κ2) is 6.61. The summed E-state index contributed by atoms with van der Waals surface area (Å²) < 4.78 is 21.8. The number of nitrogens with two attached hydrogens (primary N) is 1. The number of hydrogen-bond donors (Lipinski definition) is 1. The van der Waals surface area contributed by atoms with E-state index in [0.717, 1.165) is 5.56 Å². The molecule has 96 valence electrons. The lowest BCUT2D eigenvalue weighted by molar-refractivity contribution is 0.310. The van der Waals surface area contributed by atoms with Crippen LogP contribution in [0, 0.1) is 0 Å². The SMILES string of the molecule is CCOc1cc(C(N)CS(C)=O)ccc1OC. The zero-order valence-electron chi connectivity index (χ0n) is 10.4. The number of benzene rings is 1. The van der Waals surface area contributed by atoms with Crippen LogP contribution in [-0.4, -0.2) is 29.9 Å². The van der Waals surface area contributed by atoms with E-state index >= 15 is 0 Å². The third-order valence-electron chi connectivity index (χ3n) is 2.33. The van der Waals surface area contributed by atoms with Crippen LogP contribution < -0.4 is 15.2 Å². The molecule has 0 bridgehead atoms. The van der Waals surface area contributed by atoms with Gasteiger partial charge in [-0.3, -0.25) is 4.21 Å². The molecule has 0 saturated carbocycles. The van der Waals surface area contributed by atoms with E-state index in [9.17, 15) is 4.21 Å². The van der Waals surface area contributed by atoms with Crippen LogP contribution in [0.5, 0.6) is 11.5 Å². The minimum atomic E-state index is -0.911. The second-order valence-corrected chi connectivity index (χ2v) is 5.17. The van der Waals surface area contributed by atoms with Crippen LogP contribution in [0.15, 0.2) is 18.2 Å². The molecule has 0 radical (unpaired) electrons. The maximum absolute atomic E-state index is 11.1. The molecule has 0 fully saturated rings. The van der Waals surface area contributed by atoms with Crippen molar-refractivity contribution >= 4 is 10.8 Å². The fraction of sp³-hybridized carbons (Fsp3) is 0.500. The molecule has 0 aliphatic carbocycles. The summed E-state index contributed by atoms with van der Waals surface area (Å²) in [6.45, 7) is 2.47. The third kappa shape index (κ3) is 4.02. The summed E-state index contributed by atoms with van der Waals surface area (Å²) in [4.78, 5) is 0. The van der Waals surface area contributed by atoms with Crippen molar-refractivity contribution in [3.63, 3.8) is 0 Å². The molecule has 2 N–H and O–H groups in total. The lowest BCUT2D eigenvalue weighted by atomic mass is 10.1. The normalized spacial score (nSPS) is 14.1. The molecule has 4 nitrogen and oxygen atoms in total. The highest BCUT2D eigenvalue weighted by Crippen LogP contribution is 2.29. The summed E-state index contributed by atoms with van der Waals surface area (Å²) >= 11 is 0. The van der Waals surface area contributed by atoms with Gasteiger partial charge in [-0.15, -0.1) is 0 Å². The maximum Gasteiger partial charge on any atom is 0.161 e. The highest BCUT2D eigenvalue weighted by atomic mass is 32.2. The van der Waals surface area contributed by atoms with Crippen LogP contribution in [0.25, 0.3) is 0 Å². The zero-order valence-corrected chi connectivity index (χ0v) is 11.3. The Balaban J connectivity index is 2.94. The molecule has 0 heterocycles. The van der Waals surface area contributed by atoms with Gasteiger partial charge in [0, 0.05) is 28.9 Å². The molecule has 5 heteroatoms. The molecule has 2 atom stereocenters. The van der Waals surface area contributed by atoms with Crippen molar-refractivity contribution < 1.29 is 13.7 Å². The minimum absolute atomic E-state index is 0.244. The third-order valence-corrected chi connectivity index (χ3v) is 3.16. The summed E-state index contributed by atoms with van der Waals surface area (Å²) in [7, 11) is 0.685. The molecule has 0 aliphatic heterocycles. The standard InChI is InChI=1S/C12H19NO3S/c1-4-16-12-7-9(5-6-11(12)15-2)10(13)8-17(3)14/h5-7,10H,4,8,13H2,1-3H3. The molecular formula is C12H19NO3S. The van der Waals surface area contributed by atoms with Gasteiger partial charge in [-0.1, -0.05) is 6.07 Å². The molecule has 1 aromatic carbocycles.